The normalized spacial score (nSPS) is 19.8. The van der Waals surface area contributed by atoms with Gasteiger partial charge in [-0.1, -0.05) is 24.3 Å². The van der Waals surface area contributed by atoms with Crippen molar-refractivity contribution in [1.82, 2.24) is 4.90 Å². The lowest BCUT2D eigenvalue weighted by molar-refractivity contribution is 0.0903. The van der Waals surface area contributed by atoms with Gasteiger partial charge in [0.15, 0.2) is 5.78 Å². The van der Waals surface area contributed by atoms with Gasteiger partial charge in [0.05, 0.1) is 6.61 Å². The molecule has 0 spiro atoms. The molecular weight excluding hydrogens is 242 g/mol. The third-order valence-electron chi connectivity index (χ3n) is 3.66. The van der Waals surface area contributed by atoms with Crippen molar-refractivity contribution in [2.24, 2.45) is 0 Å². The van der Waals surface area contributed by atoms with E-state index in [0.29, 0.717) is 11.6 Å². The summed E-state index contributed by atoms with van der Waals surface area (Å²) >= 11 is 0. The van der Waals surface area contributed by atoms with Crippen molar-refractivity contribution < 1.29 is 14.6 Å². The van der Waals surface area contributed by atoms with Gasteiger partial charge < -0.3 is 9.84 Å². The molecule has 1 N–H and O–H groups in total. The summed E-state index contributed by atoms with van der Waals surface area (Å²) in [6.07, 6.45) is 2.41. The van der Waals surface area contributed by atoms with Gasteiger partial charge in [0.2, 0.25) is 0 Å². The molecule has 19 heavy (non-hydrogen) atoms. The first kappa shape index (κ1) is 14.2. The summed E-state index contributed by atoms with van der Waals surface area (Å²) in [5.74, 6) is -0.231. The number of carbonyl (C=O) groups is 1. The number of nitrogens with zero attached hydrogens (tertiary/aromatic N) is 1. The molecule has 0 bridgehead atoms. The Bertz CT molecular complexity index is 416. The van der Waals surface area contributed by atoms with Crippen molar-refractivity contribution >= 4 is 5.78 Å². The molecule has 104 valence electrons. The minimum atomic E-state index is -0.429. The highest BCUT2D eigenvalue weighted by Crippen LogP contribution is 2.20. The molecule has 0 amide bonds. The molecule has 0 aliphatic carbocycles. The SMILES string of the molecule is COC[C@@H]1CCCN1Cc1ccc(C(=O)CO)cc1. The highest BCUT2D eigenvalue weighted by Gasteiger charge is 2.24. The topological polar surface area (TPSA) is 49.8 Å². The molecule has 4 heteroatoms. The van der Waals surface area contributed by atoms with E-state index in [2.05, 4.69) is 4.90 Å². The Labute approximate surface area is 114 Å². The van der Waals surface area contributed by atoms with E-state index in [1.165, 1.54) is 18.4 Å². The molecule has 1 saturated heterocycles. The molecular formula is C15H21NO3. The van der Waals surface area contributed by atoms with Gasteiger partial charge in [-0.15, -0.1) is 0 Å². The van der Waals surface area contributed by atoms with Crippen LogP contribution in [-0.2, 0) is 11.3 Å². The Hall–Kier alpha value is -1.23. The standard InChI is InChI=1S/C15H21NO3/c1-19-11-14-3-2-8-16(14)9-12-4-6-13(7-5-12)15(18)10-17/h4-7,14,17H,2-3,8-11H2,1H3/t14-/m0/s1. The van der Waals surface area contributed by atoms with Gasteiger partial charge in [-0.05, 0) is 24.9 Å². The Kier molecular flexibility index (Phi) is 5.07. The molecule has 2 rings (SSSR count). The zero-order valence-electron chi connectivity index (χ0n) is 11.3. The van der Waals surface area contributed by atoms with Gasteiger partial charge in [-0.25, -0.2) is 0 Å². The number of rotatable bonds is 6. The highest BCUT2D eigenvalue weighted by molar-refractivity contribution is 5.96. The largest absolute Gasteiger partial charge is 0.388 e. The molecule has 1 aromatic rings. The number of ether oxygens (including phenoxy) is 1. The molecule has 1 aliphatic heterocycles. The number of hydrogen-bond donors (Lipinski definition) is 1. The van der Waals surface area contributed by atoms with Gasteiger partial charge in [0.1, 0.15) is 6.61 Å². The molecule has 4 nitrogen and oxygen atoms in total. The van der Waals surface area contributed by atoms with Crippen LogP contribution in [0.4, 0.5) is 0 Å². The zero-order chi connectivity index (χ0) is 13.7. The van der Waals surface area contributed by atoms with E-state index >= 15 is 0 Å². The predicted molar refractivity (Wildman–Crippen MR) is 73.2 cm³/mol. The maximum atomic E-state index is 11.3. The molecule has 1 aliphatic rings. The quantitative estimate of drug-likeness (QED) is 0.790. The summed E-state index contributed by atoms with van der Waals surface area (Å²) in [6, 6.07) is 8.00. The number of methoxy groups -OCH3 is 1. The van der Waals surface area contributed by atoms with Crippen molar-refractivity contribution in [3.63, 3.8) is 0 Å². The second-order valence-corrected chi connectivity index (χ2v) is 5.00. The summed E-state index contributed by atoms with van der Waals surface area (Å²) in [5, 5.41) is 8.81. The summed E-state index contributed by atoms with van der Waals surface area (Å²) < 4.78 is 5.24. The predicted octanol–water partition coefficient (Wildman–Crippen LogP) is 1.47. The van der Waals surface area contributed by atoms with Gasteiger partial charge in [-0.2, -0.15) is 0 Å². The number of carbonyl (C=O) groups excluding carboxylic acids is 1. The van der Waals surface area contributed by atoms with E-state index in [-0.39, 0.29) is 5.78 Å². The van der Waals surface area contributed by atoms with Crippen LogP contribution in [0.2, 0.25) is 0 Å². The van der Waals surface area contributed by atoms with Gasteiger partial charge >= 0.3 is 0 Å². The minimum Gasteiger partial charge on any atom is -0.388 e. The van der Waals surface area contributed by atoms with Crippen molar-refractivity contribution in [2.45, 2.75) is 25.4 Å². The first-order valence-electron chi connectivity index (χ1n) is 6.70. The lowest BCUT2D eigenvalue weighted by atomic mass is 10.1. The van der Waals surface area contributed by atoms with Crippen LogP contribution >= 0.6 is 0 Å². The summed E-state index contributed by atoms with van der Waals surface area (Å²) in [5.41, 5.74) is 1.76. The molecule has 0 radical (unpaired) electrons. The van der Waals surface area contributed by atoms with Crippen molar-refractivity contribution in [3.05, 3.63) is 35.4 Å². The van der Waals surface area contributed by atoms with Crippen LogP contribution < -0.4 is 0 Å². The number of hydrogen-bond acceptors (Lipinski definition) is 4. The highest BCUT2D eigenvalue weighted by atomic mass is 16.5. The van der Waals surface area contributed by atoms with Crippen LogP contribution in [0.1, 0.15) is 28.8 Å². The smallest absolute Gasteiger partial charge is 0.188 e. The van der Waals surface area contributed by atoms with Crippen molar-refractivity contribution in [1.29, 1.82) is 0 Å². The third kappa shape index (κ3) is 3.62. The summed E-state index contributed by atoms with van der Waals surface area (Å²) in [4.78, 5) is 13.8. The molecule has 1 heterocycles. The van der Waals surface area contributed by atoms with E-state index in [0.717, 1.165) is 19.7 Å². The van der Waals surface area contributed by atoms with E-state index in [1.807, 2.05) is 12.1 Å². The number of likely N-dealkylation sites (tertiary alicyclic amines) is 1. The molecule has 1 aromatic carbocycles. The van der Waals surface area contributed by atoms with Crippen LogP contribution in [0, 0.1) is 0 Å². The van der Waals surface area contributed by atoms with Crippen molar-refractivity contribution in [2.75, 3.05) is 26.9 Å². The molecule has 0 saturated carbocycles. The van der Waals surface area contributed by atoms with Crippen LogP contribution in [0.5, 0.6) is 0 Å². The number of aliphatic hydroxyl groups is 1. The zero-order valence-corrected chi connectivity index (χ0v) is 11.3. The molecule has 1 atom stereocenters. The van der Waals surface area contributed by atoms with Gasteiger partial charge in [0.25, 0.3) is 0 Å². The fourth-order valence-corrected chi connectivity index (χ4v) is 2.61. The summed E-state index contributed by atoms with van der Waals surface area (Å²) in [6.45, 7) is 2.34. The maximum absolute atomic E-state index is 11.3. The first-order chi connectivity index (χ1) is 9.24. The fourth-order valence-electron chi connectivity index (χ4n) is 2.61. The average molecular weight is 263 g/mol. The Morgan fingerprint density at radius 1 is 1.42 bits per heavy atom. The van der Waals surface area contributed by atoms with E-state index < -0.39 is 6.61 Å². The number of benzene rings is 1. The first-order valence-corrected chi connectivity index (χ1v) is 6.70. The number of aliphatic hydroxyl groups excluding tert-OH is 1. The Balaban J connectivity index is 1.97. The lowest BCUT2D eigenvalue weighted by Gasteiger charge is -2.23. The second kappa shape index (κ2) is 6.80. The maximum Gasteiger partial charge on any atom is 0.188 e. The number of Topliss-reactive ketones (excluding diaryl/α,β-unsaturated/α-hetero) is 1. The van der Waals surface area contributed by atoms with Gasteiger partial charge in [0, 0.05) is 25.3 Å². The van der Waals surface area contributed by atoms with E-state index in [4.69, 9.17) is 9.84 Å². The van der Waals surface area contributed by atoms with Crippen LogP contribution in [0.25, 0.3) is 0 Å². The third-order valence-corrected chi connectivity index (χ3v) is 3.66. The van der Waals surface area contributed by atoms with E-state index in [9.17, 15) is 4.79 Å². The Morgan fingerprint density at radius 2 is 2.16 bits per heavy atom. The molecule has 1 fully saturated rings. The van der Waals surface area contributed by atoms with E-state index in [1.54, 1.807) is 19.2 Å². The second-order valence-electron chi connectivity index (χ2n) is 5.00. The molecule has 0 unspecified atom stereocenters. The van der Waals surface area contributed by atoms with Crippen molar-refractivity contribution in [3.8, 4) is 0 Å². The fraction of sp³-hybridized carbons (Fsp3) is 0.533. The molecule has 0 aromatic heterocycles. The Morgan fingerprint density at radius 3 is 2.79 bits per heavy atom. The van der Waals surface area contributed by atoms with Crippen LogP contribution in [-0.4, -0.2) is 48.7 Å². The summed E-state index contributed by atoms with van der Waals surface area (Å²) in [7, 11) is 1.74. The minimum absolute atomic E-state index is 0.231. The average Bonchev–Trinajstić information content (AvgIpc) is 2.86. The van der Waals surface area contributed by atoms with Crippen LogP contribution in [0.15, 0.2) is 24.3 Å². The van der Waals surface area contributed by atoms with Gasteiger partial charge in [-0.3, -0.25) is 9.69 Å². The lowest BCUT2D eigenvalue weighted by Crippen LogP contribution is -2.32. The number of ketones is 1. The monoisotopic (exact) mass is 263 g/mol. The van der Waals surface area contributed by atoms with Crippen LogP contribution in [0.3, 0.4) is 0 Å².